The third-order valence-electron chi connectivity index (χ3n) is 10.5. The van der Waals surface area contributed by atoms with Crippen LogP contribution in [-0.2, 0) is 14.3 Å². The summed E-state index contributed by atoms with van der Waals surface area (Å²) in [7, 11) is 0. The van der Waals surface area contributed by atoms with Crippen LogP contribution in [0.3, 0.4) is 0 Å². The summed E-state index contributed by atoms with van der Waals surface area (Å²) in [4.78, 5) is 26.1. The average Bonchev–Trinajstić information content (AvgIpc) is 3.25. The van der Waals surface area contributed by atoms with Crippen LogP contribution in [0.1, 0.15) is 201 Å². The van der Waals surface area contributed by atoms with Gasteiger partial charge in [0.05, 0.1) is 25.2 Å². The number of esters is 1. The van der Waals surface area contributed by atoms with Gasteiger partial charge >= 0.3 is 5.97 Å². The summed E-state index contributed by atoms with van der Waals surface area (Å²) in [5.74, 6) is -0.625. The zero-order valence-corrected chi connectivity index (χ0v) is 39.2. The minimum atomic E-state index is -0.821. The highest BCUT2D eigenvalue weighted by Crippen LogP contribution is 2.16. The van der Waals surface area contributed by atoms with Crippen molar-refractivity contribution >= 4 is 11.9 Å². The minimum Gasteiger partial charge on any atom is -0.462 e. The summed E-state index contributed by atoms with van der Waals surface area (Å²) in [5, 5.41) is 23.7. The number of amides is 1. The maximum Gasteiger partial charge on any atom is 0.306 e. The molecule has 0 rings (SSSR count). The Bertz CT molecular complexity index is 1270. The summed E-state index contributed by atoms with van der Waals surface area (Å²) < 4.78 is 5.85. The van der Waals surface area contributed by atoms with Crippen LogP contribution in [-0.4, -0.2) is 46.9 Å². The molecule has 3 N–H and O–H groups in total. The highest BCUT2D eigenvalue weighted by molar-refractivity contribution is 5.77. The lowest BCUT2D eigenvalue weighted by atomic mass is 10.0. The van der Waals surface area contributed by atoms with Gasteiger partial charge in [0, 0.05) is 6.42 Å². The molecule has 6 nitrogen and oxygen atoms in total. The van der Waals surface area contributed by atoms with Crippen molar-refractivity contribution in [2.45, 2.75) is 219 Å². The predicted octanol–water partition coefficient (Wildman–Crippen LogP) is 14.7. The molecule has 0 aromatic rings. The number of rotatable bonds is 42. The zero-order chi connectivity index (χ0) is 44.5. The van der Waals surface area contributed by atoms with E-state index in [9.17, 15) is 19.8 Å². The molecule has 3 atom stereocenters. The maximum absolute atomic E-state index is 13.2. The van der Waals surface area contributed by atoms with Gasteiger partial charge in [-0.05, 0) is 77.0 Å². The molecule has 0 aliphatic rings. The fraction of sp³-hybridized carbons (Fsp3) is 0.636. The molecule has 0 heterocycles. The molecule has 0 radical (unpaired) electrons. The van der Waals surface area contributed by atoms with Crippen molar-refractivity contribution in [2.24, 2.45) is 0 Å². The molecule has 0 fully saturated rings. The van der Waals surface area contributed by atoms with Gasteiger partial charge in [0.25, 0.3) is 0 Å². The fourth-order valence-electron chi connectivity index (χ4n) is 6.74. The average molecular weight is 846 g/mol. The van der Waals surface area contributed by atoms with Crippen molar-refractivity contribution in [2.75, 3.05) is 6.61 Å². The molecule has 6 heteroatoms. The quantitative estimate of drug-likeness (QED) is 0.0246. The van der Waals surface area contributed by atoms with Gasteiger partial charge in [0.1, 0.15) is 6.10 Å². The van der Waals surface area contributed by atoms with Crippen molar-refractivity contribution in [3.05, 3.63) is 109 Å². The van der Waals surface area contributed by atoms with Crippen LogP contribution in [0.15, 0.2) is 109 Å². The molecule has 0 aromatic carbocycles. The van der Waals surface area contributed by atoms with E-state index in [0.717, 1.165) is 64.2 Å². The highest BCUT2D eigenvalue weighted by atomic mass is 16.5. The standard InChI is InChI=1S/C55H91NO5/c1-4-7-10-13-16-19-22-25-26-27-28-30-33-36-39-42-45-48-55(60)61-51(46-43-40-37-34-31-29-23-20-17-14-11-8-5-2)49-54(59)56-52(50-57)53(58)47-44-41-38-35-32-24-21-18-15-12-9-6-3/h8,11,14,16-17,19-20,23,25-26,28-31,34,36-37,39,51-53,57-58H,4-7,9-10,12-13,15,18,21-22,24,27,32-33,35,38,40-50H2,1-3H3,(H,56,59)/b11-8+,17-14+,19-16-,23-20-,26-25-,30-28-,31-29-,37-34+,39-36-. The van der Waals surface area contributed by atoms with E-state index >= 15 is 0 Å². The molecular weight excluding hydrogens is 755 g/mol. The summed E-state index contributed by atoms with van der Waals surface area (Å²) in [6.45, 7) is 6.25. The van der Waals surface area contributed by atoms with Crippen LogP contribution in [0.2, 0.25) is 0 Å². The zero-order valence-electron chi connectivity index (χ0n) is 39.2. The highest BCUT2D eigenvalue weighted by Gasteiger charge is 2.23. The Morgan fingerprint density at radius 3 is 1.51 bits per heavy atom. The molecular formula is C55H91NO5. The van der Waals surface area contributed by atoms with Gasteiger partial charge in [0.2, 0.25) is 5.91 Å². The van der Waals surface area contributed by atoms with E-state index < -0.39 is 18.2 Å². The normalized spacial score (nSPS) is 14.2. The van der Waals surface area contributed by atoms with E-state index in [2.05, 4.69) is 86.8 Å². The number of aliphatic hydroxyl groups excluding tert-OH is 2. The number of carbonyl (C=O) groups is 2. The van der Waals surface area contributed by atoms with Gasteiger partial charge in [-0.25, -0.2) is 0 Å². The van der Waals surface area contributed by atoms with Gasteiger partial charge in [-0.2, -0.15) is 0 Å². The van der Waals surface area contributed by atoms with E-state index in [1.165, 1.54) is 83.5 Å². The van der Waals surface area contributed by atoms with Gasteiger partial charge in [-0.3, -0.25) is 9.59 Å². The maximum atomic E-state index is 13.2. The molecule has 0 saturated heterocycles. The third kappa shape index (κ3) is 43.0. The molecule has 0 bridgehead atoms. The van der Waals surface area contributed by atoms with Crippen molar-refractivity contribution < 1.29 is 24.5 Å². The first kappa shape index (κ1) is 57.5. The van der Waals surface area contributed by atoms with E-state index in [1.807, 2.05) is 48.6 Å². The number of hydrogen-bond donors (Lipinski definition) is 3. The van der Waals surface area contributed by atoms with Crippen LogP contribution in [0, 0.1) is 0 Å². The molecule has 1 amide bonds. The first-order chi connectivity index (χ1) is 30.0. The van der Waals surface area contributed by atoms with Gasteiger partial charge < -0.3 is 20.3 Å². The number of hydrogen-bond acceptors (Lipinski definition) is 5. The second-order valence-electron chi connectivity index (χ2n) is 16.2. The summed E-state index contributed by atoms with van der Waals surface area (Å²) >= 11 is 0. The van der Waals surface area contributed by atoms with Gasteiger partial charge in [-0.15, -0.1) is 0 Å². The smallest absolute Gasteiger partial charge is 0.306 e. The molecule has 0 saturated carbocycles. The molecule has 346 valence electrons. The Labute approximate surface area is 375 Å². The molecule has 61 heavy (non-hydrogen) atoms. The van der Waals surface area contributed by atoms with E-state index in [-0.39, 0.29) is 31.3 Å². The molecule has 0 aliphatic heterocycles. The topological polar surface area (TPSA) is 95.9 Å². The van der Waals surface area contributed by atoms with Crippen molar-refractivity contribution in [3.8, 4) is 0 Å². The Balaban J connectivity index is 4.80. The lowest BCUT2D eigenvalue weighted by molar-refractivity contribution is -0.151. The predicted molar refractivity (Wildman–Crippen MR) is 263 cm³/mol. The number of unbranched alkanes of at least 4 members (excludes halogenated alkanes) is 16. The van der Waals surface area contributed by atoms with Gasteiger partial charge in [-0.1, -0.05) is 220 Å². The second-order valence-corrected chi connectivity index (χ2v) is 16.2. The van der Waals surface area contributed by atoms with Crippen LogP contribution in [0.4, 0.5) is 0 Å². The number of nitrogens with one attached hydrogen (secondary N) is 1. The first-order valence-electron chi connectivity index (χ1n) is 24.7. The molecule has 0 aromatic heterocycles. The number of aliphatic hydroxyl groups is 2. The monoisotopic (exact) mass is 846 g/mol. The number of ether oxygens (including phenoxy) is 1. The van der Waals surface area contributed by atoms with E-state index in [0.29, 0.717) is 19.3 Å². The lowest BCUT2D eigenvalue weighted by Crippen LogP contribution is -2.46. The van der Waals surface area contributed by atoms with Crippen LogP contribution >= 0.6 is 0 Å². The van der Waals surface area contributed by atoms with Crippen molar-refractivity contribution in [1.82, 2.24) is 5.32 Å². The van der Waals surface area contributed by atoms with E-state index in [4.69, 9.17) is 4.74 Å². The second kappa shape index (κ2) is 47.6. The first-order valence-corrected chi connectivity index (χ1v) is 24.7. The Kier molecular flexibility index (Phi) is 44.9. The van der Waals surface area contributed by atoms with Crippen LogP contribution in [0.5, 0.6) is 0 Å². The lowest BCUT2D eigenvalue weighted by Gasteiger charge is -2.24. The largest absolute Gasteiger partial charge is 0.462 e. The van der Waals surface area contributed by atoms with Gasteiger partial charge in [0.15, 0.2) is 0 Å². The van der Waals surface area contributed by atoms with Crippen LogP contribution < -0.4 is 5.32 Å². The van der Waals surface area contributed by atoms with Crippen LogP contribution in [0.25, 0.3) is 0 Å². The van der Waals surface area contributed by atoms with Crippen molar-refractivity contribution in [3.63, 3.8) is 0 Å². The number of allylic oxidation sites excluding steroid dienone is 18. The summed E-state index contributed by atoms with van der Waals surface area (Å²) in [6, 6.07) is -0.742. The third-order valence-corrected chi connectivity index (χ3v) is 10.5. The fourth-order valence-corrected chi connectivity index (χ4v) is 6.74. The Hall–Kier alpha value is -3.48. The molecule has 3 unspecified atom stereocenters. The summed E-state index contributed by atoms with van der Waals surface area (Å²) in [5.41, 5.74) is 0. The van der Waals surface area contributed by atoms with Crippen molar-refractivity contribution in [1.29, 1.82) is 0 Å². The minimum absolute atomic E-state index is 0.000111. The SMILES string of the molecule is CC/C=C/C=C/C=C\C=C/C=C/CCCC(CC(=O)NC(CO)C(O)CCCCCCCCCCCCCC)OC(=O)CCC/C=C\C/C=C\C/C=C\C/C=C\CCCCC. The number of carbonyl (C=O) groups excluding carboxylic acids is 2. The molecule has 0 aliphatic carbocycles. The Morgan fingerprint density at radius 1 is 0.508 bits per heavy atom. The van der Waals surface area contributed by atoms with E-state index in [1.54, 1.807) is 0 Å². The molecule has 0 spiro atoms. The summed E-state index contributed by atoms with van der Waals surface area (Å²) in [6.07, 6.45) is 64.4. The Morgan fingerprint density at radius 2 is 0.967 bits per heavy atom.